The first-order valence-corrected chi connectivity index (χ1v) is 8.02. The molecule has 1 amide bonds. The van der Waals surface area contributed by atoms with E-state index in [2.05, 4.69) is 42.7 Å². The number of nitrogens with one attached hydrogen (secondary N) is 2. The van der Waals surface area contributed by atoms with Crippen molar-refractivity contribution in [3.05, 3.63) is 34.9 Å². The number of amides is 1. The average molecular weight is 304 g/mol. The van der Waals surface area contributed by atoms with Gasteiger partial charge in [0, 0.05) is 18.6 Å². The lowest BCUT2D eigenvalue weighted by Crippen LogP contribution is -2.53. The van der Waals surface area contributed by atoms with E-state index in [9.17, 15) is 4.79 Å². The van der Waals surface area contributed by atoms with Gasteiger partial charge in [-0.15, -0.1) is 0 Å². The molecule has 1 fully saturated rings. The van der Waals surface area contributed by atoms with E-state index < -0.39 is 5.60 Å². The zero-order valence-electron chi connectivity index (χ0n) is 14.3. The van der Waals surface area contributed by atoms with Gasteiger partial charge in [-0.1, -0.05) is 18.2 Å². The van der Waals surface area contributed by atoms with E-state index in [1.165, 1.54) is 16.7 Å². The van der Waals surface area contributed by atoms with Crippen LogP contribution in [0.25, 0.3) is 0 Å². The number of hydrogen-bond donors (Lipinski definition) is 2. The Morgan fingerprint density at radius 1 is 1.23 bits per heavy atom. The molecule has 0 aromatic heterocycles. The summed E-state index contributed by atoms with van der Waals surface area (Å²) in [6, 6.07) is 7.12. The molecule has 1 saturated carbocycles. The number of benzene rings is 1. The van der Waals surface area contributed by atoms with Gasteiger partial charge in [0.1, 0.15) is 5.60 Å². The lowest BCUT2D eigenvalue weighted by Gasteiger charge is -2.37. The molecule has 0 aliphatic heterocycles. The summed E-state index contributed by atoms with van der Waals surface area (Å²) < 4.78 is 5.27. The molecule has 22 heavy (non-hydrogen) atoms. The van der Waals surface area contributed by atoms with E-state index in [-0.39, 0.29) is 12.1 Å². The topological polar surface area (TPSA) is 50.4 Å². The highest BCUT2D eigenvalue weighted by Crippen LogP contribution is 2.22. The van der Waals surface area contributed by atoms with E-state index in [4.69, 9.17) is 4.74 Å². The van der Waals surface area contributed by atoms with Gasteiger partial charge >= 0.3 is 6.09 Å². The van der Waals surface area contributed by atoms with E-state index in [0.717, 1.165) is 19.4 Å². The van der Waals surface area contributed by atoms with Crippen LogP contribution in [0.4, 0.5) is 4.79 Å². The molecular weight excluding hydrogens is 276 g/mol. The molecular formula is C18H28N2O2. The summed E-state index contributed by atoms with van der Waals surface area (Å²) in [5.74, 6) is 0. The Balaban J connectivity index is 1.69. The van der Waals surface area contributed by atoms with Crippen LogP contribution in [0.2, 0.25) is 0 Å². The van der Waals surface area contributed by atoms with Gasteiger partial charge in [-0.25, -0.2) is 4.79 Å². The fourth-order valence-electron chi connectivity index (χ4n) is 2.63. The number of aryl methyl sites for hydroxylation is 1. The zero-order chi connectivity index (χ0) is 16.3. The van der Waals surface area contributed by atoms with Crippen LogP contribution in [0.15, 0.2) is 18.2 Å². The summed E-state index contributed by atoms with van der Waals surface area (Å²) in [5.41, 5.74) is 3.60. The number of ether oxygens (including phenoxy) is 1. The fraction of sp³-hybridized carbons (Fsp3) is 0.611. The van der Waals surface area contributed by atoms with Gasteiger partial charge in [0.05, 0.1) is 0 Å². The van der Waals surface area contributed by atoms with Gasteiger partial charge in [-0.3, -0.25) is 0 Å². The normalized spacial score (nSPS) is 21.1. The largest absolute Gasteiger partial charge is 0.444 e. The Morgan fingerprint density at radius 3 is 2.55 bits per heavy atom. The summed E-state index contributed by atoms with van der Waals surface area (Å²) in [5, 5.41) is 6.48. The lowest BCUT2D eigenvalue weighted by atomic mass is 9.86. The maximum Gasteiger partial charge on any atom is 0.407 e. The minimum Gasteiger partial charge on any atom is -0.444 e. The second-order valence-electron chi connectivity index (χ2n) is 7.25. The molecule has 0 spiro atoms. The first kappa shape index (κ1) is 16.8. The lowest BCUT2D eigenvalue weighted by molar-refractivity contribution is 0.0465. The van der Waals surface area contributed by atoms with E-state index in [1.807, 2.05) is 20.8 Å². The predicted molar refractivity (Wildman–Crippen MR) is 88.9 cm³/mol. The van der Waals surface area contributed by atoms with Crippen molar-refractivity contribution in [1.82, 2.24) is 10.6 Å². The third kappa shape index (κ3) is 4.73. The van der Waals surface area contributed by atoms with Gasteiger partial charge < -0.3 is 15.4 Å². The van der Waals surface area contributed by atoms with Gasteiger partial charge in [0.2, 0.25) is 0 Å². The van der Waals surface area contributed by atoms with Crippen LogP contribution in [-0.4, -0.2) is 23.8 Å². The van der Waals surface area contributed by atoms with Crippen LogP contribution in [0, 0.1) is 13.8 Å². The summed E-state index contributed by atoms with van der Waals surface area (Å²) in [6.45, 7) is 10.8. The van der Waals surface area contributed by atoms with Crippen LogP contribution in [0.1, 0.15) is 50.3 Å². The van der Waals surface area contributed by atoms with Crippen LogP contribution >= 0.6 is 0 Å². The molecule has 1 aromatic carbocycles. The molecule has 0 bridgehead atoms. The Morgan fingerprint density at radius 2 is 1.91 bits per heavy atom. The zero-order valence-corrected chi connectivity index (χ0v) is 14.3. The van der Waals surface area contributed by atoms with Crippen molar-refractivity contribution in [3.63, 3.8) is 0 Å². The Labute approximate surface area is 133 Å². The van der Waals surface area contributed by atoms with Crippen molar-refractivity contribution in [2.24, 2.45) is 0 Å². The third-order valence-electron chi connectivity index (χ3n) is 4.16. The van der Waals surface area contributed by atoms with Crippen LogP contribution in [0.5, 0.6) is 0 Å². The van der Waals surface area contributed by atoms with Crippen LogP contribution < -0.4 is 10.6 Å². The summed E-state index contributed by atoms with van der Waals surface area (Å²) in [7, 11) is 0. The highest BCUT2D eigenvalue weighted by Gasteiger charge is 2.31. The maximum absolute atomic E-state index is 11.7. The predicted octanol–water partition coefficient (Wildman–Crippen LogP) is 3.45. The second-order valence-corrected chi connectivity index (χ2v) is 7.25. The molecule has 2 N–H and O–H groups in total. The summed E-state index contributed by atoms with van der Waals surface area (Å²) >= 11 is 0. The Hall–Kier alpha value is -1.55. The fourth-order valence-corrected chi connectivity index (χ4v) is 2.63. The molecule has 0 atom stereocenters. The molecule has 0 radical (unpaired) electrons. The minimum atomic E-state index is -0.436. The minimum absolute atomic E-state index is 0.228. The highest BCUT2D eigenvalue weighted by atomic mass is 16.6. The van der Waals surface area contributed by atoms with Gasteiger partial charge in [-0.05, 0) is 64.2 Å². The van der Waals surface area contributed by atoms with Crippen molar-refractivity contribution in [2.45, 2.75) is 71.7 Å². The third-order valence-corrected chi connectivity index (χ3v) is 4.16. The van der Waals surface area contributed by atoms with Crippen LogP contribution in [-0.2, 0) is 11.3 Å². The number of carbonyl (C=O) groups is 1. The quantitative estimate of drug-likeness (QED) is 0.896. The van der Waals surface area contributed by atoms with Crippen molar-refractivity contribution >= 4 is 6.09 Å². The van der Waals surface area contributed by atoms with Crippen LogP contribution in [0.3, 0.4) is 0 Å². The number of rotatable bonds is 4. The monoisotopic (exact) mass is 304 g/mol. The van der Waals surface area contributed by atoms with Crippen molar-refractivity contribution in [3.8, 4) is 0 Å². The molecule has 0 unspecified atom stereocenters. The van der Waals surface area contributed by atoms with Gasteiger partial charge in [-0.2, -0.15) is 0 Å². The van der Waals surface area contributed by atoms with E-state index in [0.29, 0.717) is 6.04 Å². The van der Waals surface area contributed by atoms with Gasteiger partial charge in [0.25, 0.3) is 0 Å². The smallest absolute Gasteiger partial charge is 0.407 e. The highest BCUT2D eigenvalue weighted by molar-refractivity contribution is 5.68. The van der Waals surface area contributed by atoms with Crippen molar-refractivity contribution < 1.29 is 9.53 Å². The second kappa shape index (κ2) is 6.69. The van der Waals surface area contributed by atoms with Crippen molar-refractivity contribution in [1.29, 1.82) is 0 Å². The van der Waals surface area contributed by atoms with Crippen molar-refractivity contribution in [2.75, 3.05) is 0 Å². The molecule has 1 aliphatic carbocycles. The molecule has 4 nitrogen and oxygen atoms in total. The molecule has 2 rings (SSSR count). The first-order chi connectivity index (χ1) is 10.2. The standard InChI is InChI=1S/C18H28N2O2/c1-12-7-6-8-14(13(12)2)11-19-15-9-16(10-15)20-17(21)22-18(3,4)5/h6-8,15-16,19H,9-11H2,1-5H3,(H,20,21). The van der Waals surface area contributed by atoms with E-state index >= 15 is 0 Å². The van der Waals surface area contributed by atoms with E-state index in [1.54, 1.807) is 0 Å². The Kier molecular flexibility index (Phi) is 5.12. The summed E-state index contributed by atoms with van der Waals surface area (Å²) in [4.78, 5) is 11.7. The average Bonchev–Trinajstić information content (AvgIpc) is 2.34. The molecule has 122 valence electrons. The summed E-state index contributed by atoms with van der Waals surface area (Å²) in [6.07, 6.45) is 1.61. The SMILES string of the molecule is Cc1cccc(CNC2CC(NC(=O)OC(C)(C)C)C2)c1C. The Bertz CT molecular complexity index is 528. The first-order valence-electron chi connectivity index (χ1n) is 8.02. The number of carbonyl (C=O) groups excluding carboxylic acids is 1. The molecule has 4 heteroatoms. The number of hydrogen-bond acceptors (Lipinski definition) is 3. The molecule has 0 heterocycles. The molecule has 0 saturated heterocycles. The molecule has 1 aromatic rings. The maximum atomic E-state index is 11.7. The number of alkyl carbamates (subject to hydrolysis) is 1. The van der Waals surface area contributed by atoms with Gasteiger partial charge in [0.15, 0.2) is 0 Å². The molecule has 1 aliphatic rings.